The first-order chi connectivity index (χ1) is 3.41. The molecule has 0 amide bonds. The second-order valence-electron chi connectivity index (χ2n) is 0.990. The summed E-state index contributed by atoms with van der Waals surface area (Å²) in [6.07, 6.45) is 0. The average molecular weight is 505 g/mol. The van der Waals surface area contributed by atoms with Crippen LogP contribution >= 0.6 is 65.8 Å². The van der Waals surface area contributed by atoms with Crippen LogP contribution in [0.1, 0.15) is 0 Å². The molecule has 0 aromatic heterocycles. The molecule has 0 rings (SSSR count). The van der Waals surface area contributed by atoms with E-state index in [2.05, 4.69) is 31.9 Å². The van der Waals surface area contributed by atoms with Gasteiger partial charge in [-0.2, -0.15) is 0 Å². The van der Waals surface area contributed by atoms with Gasteiger partial charge in [0.15, 0.2) is 0 Å². The fraction of sp³-hybridized carbons (Fsp3) is 1.00. The Kier molecular flexibility index (Phi) is 33.4. The topological polar surface area (TPSA) is 0 Å². The molecule has 0 aromatic carbocycles. The second-order valence-corrected chi connectivity index (χ2v) is 6.07. The molecule has 0 aliphatic rings. The maximum atomic E-state index is 3.40. The van der Waals surface area contributed by atoms with Crippen LogP contribution in [0, 0.1) is 0 Å². The van der Waals surface area contributed by atoms with Crippen molar-refractivity contribution in [3.05, 3.63) is 0 Å². The van der Waals surface area contributed by atoms with Gasteiger partial charge in [-0.15, -0.1) is 34.0 Å². The van der Waals surface area contributed by atoms with Crippen LogP contribution in [-0.4, -0.2) is 31.6 Å². The minimum atomic E-state index is 0. The Balaban J connectivity index is -0.000000180. The second kappa shape index (κ2) is 17.0. The molecule has 0 nitrogen and oxygen atoms in total. The van der Waals surface area contributed by atoms with Crippen molar-refractivity contribution >= 4 is 86.7 Å². The van der Waals surface area contributed by atoms with E-state index in [4.69, 9.17) is 0 Å². The van der Waals surface area contributed by atoms with Gasteiger partial charge in [-0.1, -0.05) is 0 Å². The summed E-state index contributed by atoms with van der Waals surface area (Å²) in [5, 5.41) is 2.42. The zero-order valence-electron chi connectivity index (χ0n) is 4.81. The van der Waals surface area contributed by atoms with E-state index in [-0.39, 0.29) is 34.0 Å². The number of rotatable bonds is 4. The molecule has 59 valence electrons. The van der Waals surface area contributed by atoms with Crippen LogP contribution in [-0.2, 0) is 0 Å². The molecule has 0 aliphatic heterocycles. The molecule has 0 fully saturated rings. The first-order valence-corrected chi connectivity index (χ1v) is 7.65. The number of hydrogen-bond acceptors (Lipinski definition) is 0. The molecule has 1 radical (unpaired) electrons. The first-order valence-electron chi connectivity index (χ1n) is 2.11. The normalized spacial score (nSPS) is 7.33. The SMILES string of the molecule is Br.Br.BrCC[Te+]CCBr. The predicted octanol–water partition coefficient (Wildman–Crippen LogP) is 3.47. The zero-order chi connectivity index (χ0) is 5.54. The van der Waals surface area contributed by atoms with Crippen molar-refractivity contribution in [1.29, 1.82) is 0 Å². The molecule has 0 saturated carbocycles. The van der Waals surface area contributed by atoms with Crippen molar-refractivity contribution in [3.63, 3.8) is 0 Å². The Morgan fingerprint density at radius 3 is 1.44 bits per heavy atom. The molecule has 0 aromatic rings. The van der Waals surface area contributed by atoms with Crippen molar-refractivity contribution in [2.24, 2.45) is 0 Å². The van der Waals surface area contributed by atoms with Crippen LogP contribution in [0.3, 0.4) is 0 Å². The summed E-state index contributed by atoms with van der Waals surface area (Å²) in [6, 6.07) is 0. The van der Waals surface area contributed by atoms with E-state index < -0.39 is 0 Å². The Bertz CT molecular complexity index is 31.7. The molecule has 0 bridgehead atoms. The predicted molar refractivity (Wildman–Crippen MR) is 63.6 cm³/mol. The van der Waals surface area contributed by atoms with Gasteiger partial charge in [-0.25, -0.2) is 0 Å². The van der Waals surface area contributed by atoms with Crippen LogP contribution in [0.15, 0.2) is 0 Å². The first kappa shape index (κ1) is 17.7. The molecular formula is C4H10Br4Te+. The van der Waals surface area contributed by atoms with Crippen LogP contribution in [0.2, 0.25) is 8.94 Å². The molecule has 5 heteroatoms. The molecule has 0 atom stereocenters. The standard InChI is InChI=1S/C4H8Br2Te.2BrH/c5-1-3-7-4-2-6;;/h1-4H2;2*1H/q+1;;. The van der Waals surface area contributed by atoms with Crippen LogP contribution < -0.4 is 0 Å². The van der Waals surface area contributed by atoms with E-state index in [0.29, 0.717) is 20.9 Å². The van der Waals surface area contributed by atoms with Gasteiger partial charge in [0.25, 0.3) is 0 Å². The Morgan fingerprint density at radius 1 is 0.889 bits per heavy atom. The monoisotopic (exact) mass is 504 g/mol. The molecule has 0 spiro atoms. The molecule has 0 unspecified atom stereocenters. The van der Waals surface area contributed by atoms with Gasteiger partial charge in [0.05, 0.1) is 0 Å². The van der Waals surface area contributed by atoms with E-state index in [1.165, 1.54) is 19.6 Å². The summed E-state index contributed by atoms with van der Waals surface area (Å²) in [5.41, 5.74) is 0. The third-order valence-electron chi connectivity index (χ3n) is 0.443. The fourth-order valence-corrected chi connectivity index (χ4v) is 4.49. The minimum absolute atomic E-state index is 0. The van der Waals surface area contributed by atoms with Gasteiger partial charge >= 0.3 is 72.4 Å². The Labute approximate surface area is 105 Å². The Hall–Kier alpha value is 2.71. The van der Waals surface area contributed by atoms with Gasteiger partial charge < -0.3 is 0 Å². The summed E-state index contributed by atoms with van der Waals surface area (Å²) < 4.78 is 2.88. The molecule has 0 heterocycles. The zero-order valence-corrected chi connectivity index (χ0v) is 13.7. The summed E-state index contributed by atoms with van der Waals surface area (Å²) in [6.45, 7) is 0. The van der Waals surface area contributed by atoms with Crippen LogP contribution in [0.25, 0.3) is 0 Å². The summed E-state index contributed by atoms with van der Waals surface area (Å²) in [4.78, 5) is 0. The van der Waals surface area contributed by atoms with E-state index in [0.717, 1.165) is 0 Å². The molecular weight excluding hydrogens is 495 g/mol. The summed E-state index contributed by atoms with van der Waals surface area (Å²) >= 11 is 7.18. The molecule has 9 heavy (non-hydrogen) atoms. The van der Waals surface area contributed by atoms with Gasteiger partial charge in [-0.3, -0.25) is 0 Å². The third kappa shape index (κ3) is 18.0. The Morgan fingerprint density at radius 2 is 1.22 bits per heavy atom. The van der Waals surface area contributed by atoms with Crippen LogP contribution in [0.5, 0.6) is 0 Å². The third-order valence-corrected chi connectivity index (χ3v) is 7.32. The number of hydrogen-bond donors (Lipinski definition) is 0. The van der Waals surface area contributed by atoms with Gasteiger partial charge in [0.2, 0.25) is 0 Å². The van der Waals surface area contributed by atoms with Gasteiger partial charge in [0, 0.05) is 0 Å². The van der Waals surface area contributed by atoms with Crippen LogP contribution in [0.4, 0.5) is 0 Å². The van der Waals surface area contributed by atoms with E-state index >= 15 is 0 Å². The van der Waals surface area contributed by atoms with E-state index in [9.17, 15) is 0 Å². The summed E-state index contributed by atoms with van der Waals surface area (Å²) in [5.74, 6) is 0. The average Bonchev–Trinajstić information content (AvgIpc) is 1.69. The van der Waals surface area contributed by atoms with Crippen molar-refractivity contribution in [3.8, 4) is 0 Å². The molecule has 0 N–H and O–H groups in total. The summed E-state index contributed by atoms with van der Waals surface area (Å²) in [7, 11) is 0. The van der Waals surface area contributed by atoms with Gasteiger partial charge in [0.1, 0.15) is 0 Å². The molecule has 0 aliphatic carbocycles. The van der Waals surface area contributed by atoms with E-state index in [1.807, 2.05) is 0 Å². The maximum absolute atomic E-state index is 3.40. The van der Waals surface area contributed by atoms with Crippen molar-refractivity contribution < 1.29 is 0 Å². The number of halogens is 4. The van der Waals surface area contributed by atoms with Crippen molar-refractivity contribution in [2.75, 3.05) is 10.7 Å². The quantitative estimate of drug-likeness (QED) is 0.312. The van der Waals surface area contributed by atoms with Crippen molar-refractivity contribution in [2.45, 2.75) is 8.94 Å². The van der Waals surface area contributed by atoms with Crippen molar-refractivity contribution in [1.82, 2.24) is 0 Å². The fourth-order valence-electron chi connectivity index (χ4n) is 0.211. The van der Waals surface area contributed by atoms with Gasteiger partial charge in [-0.05, 0) is 0 Å². The molecule has 0 saturated heterocycles. The van der Waals surface area contributed by atoms with E-state index in [1.54, 1.807) is 0 Å². The number of alkyl halides is 2.